The van der Waals surface area contributed by atoms with Gasteiger partial charge in [0.05, 0.1) is 31.8 Å². The fourth-order valence-corrected chi connectivity index (χ4v) is 3.36. The SMILES string of the molecule is COC(=O)C1(CNC(=O)N2CC(C)OC3(CCOC3)C2)CC1. The maximum atomic E-state index is 12.4. The van der Waals surface area contributed by atoms with Crippen molar-refractivity contribution >= 4 is 12.0 Å². The number of nitrogens with one attached hydrogen (secondary N) is 1. The van der Waals surface area contributed by atoms with Gasteiger partial charge in [-0.2, -0.15) is 0 Å². The van der Waals surface area contributed by atoms with E-state index in [1.807, 2.05) is 6.92 Å². The number of amides is 2. The first-order valence-corrected chi connectivity index (χ1v) is 7.85. The van der Waals surface area contributed by atoms with E-state index in [0.29, 0.717) is 32.8 Å². The summed E-state index contributed by atoms with van der Waals surface area (Å²) in [6.45, 7) is 4.61. The van der Waals surface area contributed by atoms with Crippen LogP contribution in [0.2, 0.25) is 0 Å². The van der Waals surface area contributed by atoms with Crippen molar-refractivity contribution in [3.63, 3.8) is 0 Å². The summed E-state index contributed by atoms with van der Waals surface area (Å²) in [5, 5.41) is 2.89. The first-order chi connectivity index (χ1) is 10.5. The van der Waals surface area contributed by atoms with Gasteiger partial charge >= 0.3 is 12.0 Å². The number of rotatable bonds is 3. The van der Waals surface area contributed by atoms with Crippen molar-refractivity contribution in [3.8, 4) is 0 Å². The minimum atomic E-state index is -0.504. The Morgan fingerprint density at radius 3 is 2.73 bits per heavy atom. The molecule has 3 rings (SSSR count). The van der Waals surface area contributed by atoms with Crippen molar-refractivity contribution in [2.24, 2.45) is 5.41 Å². The van der Waals surface area contributed by atoms with Gasteiger partial charge in [0, 0.05) is 26.1 Å². The number of carbonyl (C=O) groups excluding carboxylic acids is 2. The third-order valence-electron chi connectivity index (χ3n) is 4.81. The average Bonchev–Trinajstić information content (AvgIpc) is 3.18. The molecule has 3 fully saturated rings. The van der Waals surface area contributed by atoms with Gasteiger partial charge < -0.3 is 24.4 Å². The summed E-state index contributed by atoms with van der Waals surface area (Å²) in [6, 6.07) is -0.142. The Bertz CT molecular complexity index is 457. The maximum absolute atomic E-state index is 12.4. The molecule has 1 aliphatic carbocycles. The molecule has 2 atom stereocenters. The third kappa shape index (κ3) is 2.92. The summed E-state index contributed by atoms with van der Waals surface area (Å²) in [5.74, 6) is -0.233. The van der Waals surface area contributed by atoms with Crippen LogP contribution in [0.25, 0.3) is 0 Å². The van der Waals surface area contributed by atoms with E-state index in [-0.39, 0.29) is 23.7 Å². The van der Waals surface area contributed by atoms with Crippen LogP contribution in [0.4, 0.5) is 4.79 Å². The predicted molar refractivity (Wildman–Crippen MR) is 77.4 cm³/mol. The summed E-state index contributed by atoms with van der Waals surface area (Å²) >= 11 is 0. The van der Waals surface area contributed by atoms with E-state index >= 15 is 0 Å². The van der Waals surface area contributed by atoms with Gasteiger partial charge in [-0.15, -0.1) is 0 Å². The molecule has 0 aromatic carbocycles. The van der Waals surface area contributed by atoms with Crippen molar-refractivity contribution in [2.45, 2.75) is 37.9 Å². The standard InChI is InChI=1S/C15H24N2O5/c1-11-7-17(9-15(22-11)5-6-21-10-15)13(19)16-8-14(3-4-14)12(18)20-2/h11H,3-10H2,1-2H3,(H,16,19). The lowest BCUT2D eigenvalue weighted by Gasteiger charge is -2.42. The number of urea groups is 1. The molecule has 2 unspecified atom stereocenters. The Morgan fingerprint density at radius 1 is 1.36 bits per heavy atom. The van der Waals surface area contributed by atoms with Crippen LogP contribution in [0, 0.1) is 5.41 Å². The topological polar surface area (TPSA) is 77.1 Å². The minimum Gasteiger partial charge on any atom is -0.469 e. The number of hydrogen-bond acceptors (Lipinski definition) is 5. The van der Waals surface area contributed by atoms with Gasteiger partial charge in [0.1, 0.15) is 5.60 Å². The fraction of sp³-hybridized carbons (Fsp3) is 0.867. The highest BCUT2D eigenvalue weighted by Gasteiger charge is 2.51. The van der Waals surface area contributed by atoms with E-state index in [1.165, 1.54) is 7.11 Å². The predicted octanol–water partition coefficient (Wildman–Crippen LogP) is 0.529. The first kappa shape index (κ1) is 15.6. The molecular formula is C15H24N2O5. The van der Waals surface area contributed by atoms with Crippen LogP contribution in [-0.4, -0.2) is 68.6 Å². The first-order valence-electron chi connectivity index (χ1n) is 7.85. The lowest BCUT2D eigenvalue weighted by Crippen LogP contribution is -2.59. The summed E-state index contributed by atoms with van der Waals surface area (Å²) in [4.78, 5) is 25.9. The monoisotopic (exact) mass is 312 g/mol. The van der Waals surface area contributed by atoms with Gasteiger partial charge in [-0.05, 0) is 19.8 Å². The molecular weight excluding hydrogens is 288 g/mol. The zero-order valence-corrected chi connectivity index (χ0v) is 13.2. The van der Waals surface area contributed by atoms with Crippen LogP contribution in [0.1, 0.15) is 26.2 Å². The lowest BCUT2D eigenvalue weighted by atomic mass is 9.99. The molecule has 1 saturated carbocycles. The molecule has 1 N–H and O–H groups in total. The molecule has 0 aromatic rings. The number of esters is 1. The molecule has 2 aliphatic heterocycles. The molecule has 7 nitrogen and oxygen atoms in total. The van der Waals surface area contributed by atoms with E-state index in [4.69, 9.17) is 14.2 Å². The highest BCUT2D eigenvalue weighted by atomic mass is 16.6. The number of carbonyl (C=O) groups is 2. The van der Waals surface area contributed by atoms with Crippen LogP contribution in [0.15, 0.2) is 0 Å². The van der Waals surface area contributed by atoms with Gasteiger partial charge in [0.2, 0.25) is 0 Å². The van der Waals surface area contributed by atoms with Crippen LogP contribution >= 0.6 is 0 Å². The van der Waals surface area contributed by atoms with Crippen molar-refractivity contribution in [1.29, 1.82) is 0 Å². The van der Waals surface area contributed by atoms with Gasteiger partial charge in [0.15, 0.2) is 0 Å². The van der Waals surface area contributed by atoms with Crippen molar-refractivity contribution in [3.05, 3.63) is 0 Å². The Kier molecular flexibility index (Phi) is 4.03. The van der Waals surface area contributed by atoms with Crippen molar-refractivity contribution in [2.75, 3.05) is 40.0 Å². The number of nitrogens with zero attached hydrogens (tertiary/aromatic N) is 1. The quantitative estimate of drug-likeness (QED) is 0.769. The number of hydrogen-bond donors (Lipinski definition) is 1. The highest BCUT2D eigenvalue weighted by Crippen LogP contribution is 2.46. The molecule has 124 valence electrons. The van der Waals surface area contributed by atoms with Gasteiger partial charge in [-0.25, -0.2) is 4.79 Å². The summed E-state index contributed by atoms with van der Waals surface area (Å²) in [6.07, 6.45) is 2.35. The molecule has 0 bridgehead atoms. The summed E-state index contributed by atoms with van der Waals surface area (Å²) < 4.78 is 16.3. The summed E-state index contributed by atoms with van der Waals surface area (Å²) in [7, 11) is 1.39. The zero-order valence-electron chi connectivity index (χ0n) is 13.2. The highest BCUT2D eigenvalue weighted by molar-refractivity contribution is 5.81. The second-order valence-corrected chi connectivity index (χ2v) is 6.73. The Labute approximate surface area is 130 Å². The molecule has 0 radical (unpaired) electrons. The molecule has 0 aromatic heterocycles. The summed E-state index contributed by atoms with van der Waals surface area (Å²) in [5.41, 5.74) is -0.870. The van der Waals surface area contributed by atoms with E-state index < -0.39 is 5.41 Å². The maximum Gasteiger partial charge on any atom is 0.317 e. The zero-order chi connectivity index (χ0) is 15.8. The molecule has 7 heteroatoms. The molecule has 1 spiro atoms. The number of morpholine rings is 1. The van der Waals surface area contributed by atoms with Crippen LogP contribution in [0.5, 0.6) is 0 Å². The fourth-order valence-electron chi connectivity index (χ4n) is 3.36. The Morgan fingerprint density at radius 2 is 2.14 bits per heavy atom. The number of methoxy groups -OCH3 is 1. The third-order valence-corrected chi connectivity index (χ3v) is 4.81. The lowest BCUT2D eigenvalue weighted by molar-refractivity contribution is -0.147. The van der Waals surface area contributed by atoms with Gasteiger partial charge in [-0.3, -0.25) is 4.79 Å². The molecule has 2 amide bonds. The van der Waals surface area contributed by atoms with E-state index in [1.54, 1.807) is 4.90 Å². The van der Waals surface area contributed by atoms with Gasteiger partial charge in [-0.1, -0.05) is 0 Å². The average molecular weight is 312 g/mol. The second-order valence-electron chi connectivity index (χ2n) is 6.73. The Hall–Kier alpha value is -1.34. The van der Waals surface area contributed by atoms with Crippen molar-refractivity contribution < 1.29 is 23.8 Å². The smallest absolute Gasteiger partial charge is 0.317 e. The van der Waals surface area contributed by atoms with Crippen molar-refractivity contribution in [1.82, 2.24) is 10.2 Å². The Balaban J connectivity index is 1.56. The molecule has 22 heavy (non-hydrogen) atoms. The van der Waals surface area contributed by atoms with Crippen LogP contribution in [-0.2, 0) is 19.0 Å². The minimum absolute atomic E-state index is 0.0170. The van der Waals surface area contributed by atoms with Crippen LogP contribution < -0.4 is 5.32 Å². The van der Waals surface area contributed by atoms with Gasteiger partial charge in [0.25, 0.3) is 0 Å². The van der Waals surface area contributed by atoms with E-state index in [2.05, 4.69) is 5.32 Å². The normalized spacial score (nSPS) is 32.8. The van der Waals surface area contributed by atoms with Crippen LogP contribution in [0.3, 0.4) is 0 Å². The molecule has 2 saturated heterocycles. The number of ether oxygens (including phenoxy) is 3. The second kappa shape index (κ2) is 5.70. The molecule has 2 heterocycles. The van der Waals surface area contributed by atoms with E-state index in [9.17, 15) is 9.59 Å². The largest absolute Gasteiger partial charge is 0.469 e. The van der Waals surface area contributed by atoms with E-state index in [0.717, 1.165) is 19.3 Å². The molecule has 3 aliphatic rings.